The molecule has 1 aliphatic heterocycles. The fourth-order valence-corrected chi connectivity index (χ4v) is 0.888. The summed E-state index contributed by atoms with van der Waals surface area (Å²) >= 11 is 0. The Morgan fingerprint density at radius 2 is 2.33 bits per heavy atom. The molecule has 0 aromatic heterocycles. The van der Waals surface area contributed by atoms with Gasteiger partial charge in [-0.1, -0.05) is 6.58 Å². The van der Waals surface area contributed by atoms with Crippen LogP contribution in [0.2, 0.25) is 0 Å². The summed E-state index contributed by atoms with van der Waals surface area (Å²) in [6.07, 6.45) is 0. The molecule has 1 rings (SSSR count). The van der Waals surface area contributed by atoms with Crippen molar-refractivity contribution in [3.8, 4) is 0 Å². The second-order valence-electron chi connectivity index (χ2n) is 2.47. The minimum atomic E-state index is 0.528. The van der Waals surface area contributed by atoms with Crippen LogP contribution >= 0.6 is 0 Å². The summed E-state index contributed by atoms with van der Waals surface area (Å²) in [4.78, 5) is 2.15. The Kier molecular flexibility index (Phi) is 1.62. The van der Waals surface area contributed by atoms with Gasteiger partial charge in [-0.2, -0.15) is 0 Å². The third-order valence-electron chi connectivity index (χ3n) is 1.45. The topological polar surface area (TPSA) is 27.3 Å². The molecule has 0 radical (unpaired) electrons. The van der Waals surface area contributed by atoms with Gasteiger partial charge in [-0.05, 0) is 13.8 Å². The molecule has 9 heavy (non-hydrogen) atoms. The summed E-state index contributed by atoms with van der Waals surface area (Å²) in [7, 11) is 0. The smallest absolute Gasteiger partial charge is 0.110 e. The van der Waals surface area contributed by atoms with E-state index in [4.69, 9.17) is 0 Å². The maximum Gasteiger partial charge on any atom is 0.110 e. The number of nitrogens with zero attached hydrogens (tertiary/aromatic N) is 1. The highest BCUT2D eigenvalue weighted by Crippen LogP contribution is 2.05. The maximum absolute atomic E-state index is 3.81. The third-order valence-corrected chi connectivity index (χ3v) is 1.45. The third kappa shape index (κ3) is 1.16. The van der Waals surface area contributed by atoms with Gasteiger partial charge < -0.3 is 10.3 Å². The molecule has 0 bridgehead atoms. The van der Waals surface area contributed by atoms with Gasteiger partial charge in [0.15, 0.2) is 0 Å². The zero-order valence-corrected chi connectivity index (χ0v) is 5.94. The summed E-state index contributed by atoms with van der Waals surface area (Å²) in [5.74, 6) is 0.963. The molecule has 0 aromatic rings. The molecular weight excluding hydrogens is 114 g/mol. The lowest BCUT2D eigenvalue weighted by molar-refractivity contribution is 0.316. The molecular formula is C6H13N3. The van der Waals surface area contributed by atoms with Gasteiger partial charge >= 0.3 is 0 Å². The van der Waals surface area contributed by atoms with E-state index in [0.29, 0.717) is 6.04 Å². The summed E-state index contributed by atoms with van der Waals surface area (Å²) in [5, 5.41) is 0. The molecule has 1 saturated heterocycles. The fourth-order valence-electron chi connectivity index (χ4n) is 0.888. The first-order valence-corrected chi connectivity index (χ1v) is 3.16. The van der Waals surface area contributed by atoms with Gasteiger partial charge in [0.05, 0.1) is 6.67 Å². The number of hydrazine groups is 1. The van der Waals surface area contributed by atoms with Crippen molar-refractivity contribution in [1.82, 2.24) is 15.8 Å². The van der Waals surface area contributed by atoms with Gasteiger partial charge in [-0.15, -0.1) is 0 Å². The lowest BCUT2D eigenvalue weighted by Crippen LogP contribution is -2.27. The zero-order chi connectivity index (χ0) is 6.85. The highest BCUT2D eigenvalue weighted by Gasteiger charge is 2.15. The van der Waals surface area contributed by atoms with E-state index in [0.717, 1.165) is 12.5 Å². The Hall–Kier alpha value is -0.700. The van der Waals surface area contributed by atoms with E-state index in [1.807, 2.05) is 0 Å². The van der Waals surface area contributed by atoms with Crippen LogP contribution in [0, 0.1) is 0 Å². The molecule has 3 nitrogen and oxygen atoms in total. The van der Waals surface area contributed by atoms with Gasteiger partial charge in [-0.25, -0.2) is 5.43 Å². The van der Waals surface area contributed by atoms with Crippen molar-refractivity contribution in [2.45, 2.75) is 19.9 Å². The second-order valence-corrected chi connectivity index (χ2v) is 2.47. The van der Waals surface area contributed by atoms with Gasteiger partial charge in [0, 0.05) is 6.04 Å². The molecule has 1 fully saturated rings. The highest BCUT2D eigenvalue weighted by atomic mass is 15.6. The van der Waals surface area contributed by atoms with Crippen LogP contribution in [0.15, 0.2) is 12.4 Å². The van der Waals surface area contributed by atoms with Crippen LogP contribution in [0.1, 0.15) is 13.8 Å². The first kappa shape index (κ1) is 6.42. The van der Waals surface area contributed by atoms with E-state index in [2.05, 4.69) is 36.2 Å². The number of nitrogens with one attached hydrogen (secondary N) is 2. The van der Waals surface area contributed by atoms with Crippen molar-refractivity contribution >= 4 is 0 Å². The lowest BCUT2D eigenvalue weighted by Gasteiger charge is -2.20. The SMILES string of the molecule is C=C1NNCN1C(C)C. The molecule has 0 aromatic carbocycles. The van der Waals surface area contributed by atoms with Crippen molar-refractivity contribution in [1.29, 1.82) is 0 Å². The molecule has 0 atom stereocenters. The van der Waals surface area contributed by atoms with E-state index < -0.39 is 0 Å². The Morgan fingerprint density at radius 3 is 2.56 bits per heavy atom. The van der Waals surface area contributed by atoms with Crippen molar-refractivity contribution < 1.29 is 0 Å². The van der Waals surface area contributed by atoms with Crippen LogP contribution < -0.4 is 10.9 Å². The lowest BCUT2D eigenvalue weighted by atomic mass is 10.3. The second kappa shape index (κ2) is 2.27. The monoisotopic (exact) mass is 127 g/mol. The predicted octanol–water partition coefficient (Wildman–Crippen LogP) is 0.233. The van der Waals surface area contributed by atoms with Crippen LogP contribution in [0.25, 0.3) is 0 Å². The molecule has 0 saturated carbocycles. The minimum Gasteiger partial charge on any atom is -0.341 e. The van der Waals surface area contributed by atoms with Crippen LogP contribution in [-0.4, -0.2) is 17.6 Å². The standard InChI is InChI=1S/C6H13N3/c1-5(2)9-4-7-8-6(9)3/h5,7-8H,3-4H2,1-2H3. The first-order chi connectivity index (χ1) is 4.22. The summed E-state index contributed by atoms with van der Waals surface area (Å²) in [5.41, 5.74) is 5.91. The fraction of sp³-hybridized carbons (Fsp3) is 0.667. The van der Waals surface area contributed by atoms with Crippen molar-refractivity contribution in [3.05, 3.63) is 12.4 Å². The zero-order valence-electron chi connectivity index (χ0n) is 5.94. The highest BCUT2D eigenvalue weighted by molar-refractivity contribution is 4.94. The summed E-state index contributed by atoms with van der Waals surface area (Å²) < 4.78 is 0. The predicted molar refractivity (Wildman–Crippen MR) is 37.3 cm³/mol. The largest absolute Gasteiger partial charge is 0.341 e. The molecule has 1 aliphatic rings. The maximum atomic E-state index is 3.81. The first-order valence-electron chi connectivity index (χ1n) is 3.16. The molecule has 3 heteroatoms. The average molecular weight is 127 g/mol. The van der Waals surface area contributed by atoms with E-state index >= 15 is 0 Å². The number of hydrogen-bond donors (Lipinski definition) is 2. The molecule has 0 unspecified atom stereocenters. The van der Waals surface area contributed by atoms with Crippen LogP contribution in [0.4, 0.5) is 0 Å². The normalized spacial score (nSPS) is 19.0. The molecule has 0 spiro atoms. The van der Waals surface area contributed by atoms with Gasteiger partial charge in [0.1, 0.15) is 5.82 Å². The van der Waals surface area contributed by atoms with Crippen LogP contribution in [0.5, 0.6) is 0 Å². The number of rotatable bonds is 1. The minimum absolute atomic E-state index is 0.528. The van der Waals surface area contributed by atoms with Crippen molar-refractivity contribution in [2.24, 2.45) is 0 Å². The molecule has 2 N–H and O–H groups in total. The van der Waals surface area contributed by atoms with Crippen molar-refractivity contribution in [3.63, 3.8) is 0 Å². The Morgan fingerprint density at radius 1 is 1.67 bits per heavy atom. The van der Waals surface area contributed by atoms with E-state index in [9.17, 15) is 0 Å². The molecule has 52 valence electrons. The molecule has 1 heterocycles. The van der Waals surface area contributed by atoms with Crippen molar-refractivity contribution in [2.75, 3.05) is 6.67 Å². The summed E-state index contributed by atoms with van der Waals surface area (Å²) in [6.45, 7) is 8.94. The Bertz CT molecular complexity index is 119. The Labute approximate surface area is 55.7 Å². The van der Waals surface area contributed by atoms with Gasteiger partial charge in [0.25, 0.3) is 0 Å². The molecule has 0 amide bonds. The Balaban J connectivity index is 2.49. The summed E-state index contributed by atoms with van der Waals surface area (Å²) in [6, 6.07) is 0.528. The quantitative estimate of drug-likeness (QED) is 0.528. The van der Waals surface area contributed by atoms with Gasteiger partial charge in [0.2, 0.25) is 0 Å². The van der Waals surface area contributed by atoms with E-state index in [1.54, 1.807) is 0 Å². The van der Waals surface area contributed by atoms with Gasteiger partial charge in [-0.3, -0.25) is 0 Å². The van der Waals surface area contributed by atoms with E-state index in [-0.39, 0.29) is 0 Å². The average Bonchev–Trinajstić information content (AvgIpc) is 2.13. The molecule has 0 aliphatic carbocycles. The van der Waals surface area contributed by atoms with Crippen LogP contribution in [0.3, 0.4) is 0 Å². The van der Waals surface area contributed by atoms with Crippen LogP contribution in [-0.2, 0) is 0 Å². The van der Waals surface area contributed by atoms with E-state index in [1.165, 1.54) is 0 Å². The number of hydrogen-bond acceptors (Lipinski definition) is 3.